The van der Waals surface area contributed by atoms with Crippen LogP contribution in [0.1, 0.15) is 41.6 Å². The van der Waals surface area contributed by atoms with E-state index in [-0.39, 0.29) is 5.91 Å². The van der Waals surface area contributed by atoms with Crippen molar-refractivity contribution in [3.8, 4) is 0 Å². The minimum Gasteiger partial charge on any atom is -0.480 e. The molecule has 2 saturated heterocycles. The van der Waals surface area contributed by atoms with E-state index in [9.17, 15) is 14.7 Å². The molecule has 1 amide bonds. The van der Waals surface area contributed by atoms with Crippen molar-refractivity contribution < 1.29 is 14.7 Å². The van der Waals surface area contributed by atoms with Crippen molar-refractivity contribution in [3.63, 3.8) is 0 Å². The summed E-state index contributed by atoms with van der Waals surface area (Å²) in [5, 5.41) is 9.18. The molecule has 2 aliphatic rings. The first kappa shape index (κ1) is 15.0. The van der Waals surface area contributed by atoms with Gasteiger partial charge in [-0.2, -0.15) is 0 Å². The summed E-state index contributed by atoms with van der Waals surface area (Å²) in [5.41, 5.74) is 1.79. The fraction of sp³-hybridized carbons (Fsp3) is 0.529. The van der Waals surface area contributed by atoms with Crippen molar-refractivity contribution in [3.05, 3.63) is 35.4 Å². The van der Waals surface area contributed by atoms with E-state index >= 15 is 0 Å². The molecule has 1 unspecified atom stereocenters. The highest BCUT2D eigenvalue weighted by Crippen LogP contribution is 2.21. The van der Waals surface area contributed by atoms with E-state index in [1.54, 1.807) is 0 Å². The van der Waals surface area contributed by atoms with Gasteiger partial charge in [-0.1, -0.05) is 12.1 Å². The van der Waals surface area contributed by atoms with Gasteiger partial charge in [-0.15, -0.1) is 0 Å². The van der Waals surface area contributed by atoms with Crippen molar-refractivity contribution in [2.45, 2.75) is 38.3 Å². The van der Waals surface area contributed by atoms with Crippen LogP contribution in [0.2, 0.25) is 0 Å². The monoisotopic (exact) mass is 302 g/mol. The Morgan fingerprint density at radius 1 is 1.05 bits per heavy atom. The molecule has 3 rings (SSSR count). The Kier molecular flexibility index (Phi) is 4.43. The topological polar surface area (TPSA) is 60.9 Å². The lowest BCUT2D eigenvalue weighted by atomic mass is 10.1. The number of carbonyl (C=O) groups excluding carboxylic acids is 1. The molecule has 0 saturated carbocycles. The maximum atomic E-state index is 12.5. The van der Waals surface area contributed by atoms with E-state index in [2.05, 4.69) is 4.90 Å². The average Bonchev–Trinajstić information content (AvgIpc) is 3.18. The Morgan fingerprint density at radius 2 is 1.73 bits per heavy atom. The molecule has 5 nitrogen and oxygen atoms in total. The number of nitrogens with zero attached hydrogens (tertiary/aromatic N) is 2. The third-order valence-corrected chi connectivity index (χ3v) is 4.60. The minimum absolute atomic E-state index is 0.169. The second-order valence-electron chi connectivity index (χ2n) is 6.17. The van der Waals surface area contributed by atoms with Gasteiger partial charge in [0.05, 0.1) is 0 Å². The largest absolute Gasteiger partial charge is 0.480 e. The van der Waals surface area contributed by atoms with E-state index in [1.165, 1.54) is 23.3 Å². The average molecular weight is 302 g/mol. The van der Waals surface area contributed by atoms with Crippen LogP contribution in [-0.2, 0) is 11.3 Å². The molecule has 0 aliphatic carbocycles. The zero-order chi connectivity index (χ0) is 15.5. The van der Waals surface area contributed by atoms with Crippen LogP contribution in [0, 0.1) is 0 Å². The Bertz CT molecular complexity index is 550. The van der Waals surface area contributed by atoms with Crippen molar-refractivity contribution in [1.82, 2.24) is 9.80 Å². The van der Waals surface area contributed by atoms with Gasteiger partial charge < -0.3 is 10.0 Å². The first-order valence-electron chi connectivity index (χ1n) is 8.00. The van der Waals surface area contributed by atoms with E-state index in [1.807, 2.05) is 24.3 Å². The number of amides is 1. The van der Waals surface area contributed by atoms with Crippen LogP contribution >= 0.6 is 0 Å². The van der Waals surface area contributed by atoms with Gasteiger partial charge in [-0.05, 0) is 56.5 Å². The molecule has 0 bridgehead atoms. The smallest absolute Gasteiger partial charge is 0.326 e. The third-order valence-electron chi connectivity index (χ3n) is 4.60. The summed E-state index contributed by atoms with van der Waals surface area (Å²) < 4.78 is 0. The molecular formula is C17H22N2O3. The number of carboxylic acid groups (broad SMARTS) is 1. The SMILES string of the molecule is O=C(O)C1CCCN1C(=O)c1ccc(CN2CCCC2)cc1. The molecule has 118 valence electrons. The fourth-order valence-electron chi connectivity index (χ4n) is 3.38. The highest BCUT2D eigenvalue weighted by molar-refractivity contribution is 5.97. The number of rotatable bonds is 4. The van der Waals surface area contributed by atoms with Crippen molar-refractivity contribution in [1.29, 1.82) is 0 Å². The van der Waals surface area contributed by atoms with Gasteiger partial charge in [0.1, 0.15) is 6.04 Å². The van der Waals surface area contributed by atoms with Crippen molar-refractivity contribution in [2.24, 2.45) is 0 Å². The van der Waals surface area contributed by atoms with Crippen molar-refractivity contribution in [2.75, 3.05) is 19.6 Å². The van der Waals surface area contributed by atoms with Crippen LogP contribution < -0.4 is 0 Å². The zero-order valence-corrected chi connectivity index (χ0v) is 12.7. The number of aliphatic carboxylic acids is 1. The normalized spacial score (nSPS) is 22.2. The van der Waals surface area contributed by atoms with Crippen LogP contribution in [0.4, 0.5) is 0 Å². The summed E-state index contributed by atoms with van der Waals surface area (Å²) in [5.74, 6) is -1.07. The first-order valence-corrected chi connectivity index (χ1v) is 8.00. The summed E-state index contributed by atoms with van der Waals surface area (Å²) in [6.45, 7) is 3.75. The van der Waals surface area contributed by atoms with Gasteiger partial charge in [0.2, 0.25) is 0 Å². The Balaban J connectivity index is 1.66. The highest BCUT2D eigenvalue weighted by Gasteiger charge is 2.34. The molecule has 1 N–H and O–H groups in total. The second kappa shape index (κ2) is 6.48. The molecule has 0 spiro atoms. The van der Waals surface area contributed by atoms with Gasteiger partial charge >= 0.3 is 5.97 Å². The third kappa shape index (κ3) is 3.14. The van der Waals surface area contributed by atoms with Crippen LogP contribution in [0.25, 0.3) is 0 Å². The van der Waals surface area contributed by atoms with Crippen LogP contribution in [0.15, 0.2) is 24.3 Å². The van der Waals surface area contributed by atoms with Gasteiger partial charge in [0, 0.05) is 18.7 Å². The predicted molar refractivity (Wildman–Crippen MR) is 82.6 cm³/mol. The Hall–Kier alpha value is -1.88. The summed E-state index contributed by atoms with van der Waals surface area (Å²) in [7, 11) is 0. The minimum atomic E-state index is -0.906. The van der Waals surface area contributed by atoms with E-state index in [0.29, 0.717) is 18.5 Å². The van der Waals surface area contributed by atoms with Crippen LogP contribution in [0.3, 0.4) is 0 Å². The molecule has 1 atom stereocenters. The first-order chi connectivity index (χ1) is 10.6. The molecule has 2 aliphatic heterocycles. The summed E-state index contributed by atoms with van der Waals surface area (Å²) in [4.78, 5) is 27.6. The van der Waals surface area contributed by atoms with Crippen molar-refractivity contribution >= 4 is 11.9 Å². The molecule has 1 aromatic rings. The standard InChI is InChI=1S/C17H22N2O3/c20-16(19-11-3-4-15(19)17(21)22)14-7-5-13(6-8-14)12-18-9-1-2-10-18/h5-8,15H,1-4,9-12H2,(H,21,22). The van der Waals surface area contributed by atoms with Crippen LogP contribution in [0.5, 0.6) is 0 Å². The maximum Gasteiger partial charge on any atom is 0.326 e. The van der Waals surface area contributed by atoms with E-state index in [0.717, 1.165) is 26.1 Å². The molecular weight excluding hydrogens is 280 g/mol. The zero-order valence-electron chi connectivity index (χ0n) is 12.7. The summed E-state index contributed by atoms with van der Waals surface area (Å²) in [6.07, 6.45) is 3.84. The van der Waals surface area contributed by atoms with Crippen LogP contribution in [-0.4, -0.2) is 52.5 Å². The Morgan fingerprint density at radius 3 is 2.36 bits per heavy atom. The number of benzene rings is 1. The quantitative estimate of drug-likeness (QED) is 0.924. The number of carboxylic acids is 1. The summed E-state index contributed by atoms with van der Waals surface area (Å²) in [6, 6.07) is 6.95. The lowest BCUT2D eigenvalue weighted by Crippen LogP contribution is -2.40. The summed E-state index contributed by atoms with van der Waals surface area (Å²) >= 11 is 0. The molecule has 22 heavy (non-hydrogen) atoms. The predicted octanol–water partition coefficient (Wildman–Crippen LogP) is 1.97. The van der Waals surface area contributed by atoms with Gasteiger partial charge in [-0.3, -0.25) is 9.69 Å². The molecule has 2 heterocycles. The highest BCUT2D eigenvalue weighted by atomic mass is 16.4. The molecule has 2 fully saturated rings. The lowest BCUT2D eigenvalue weighted by molar-refractivity contribution is -0.141. The molecule has 1 aromatic carbocycles. The molecule has 5 heteroatoms. The van der Waals surface area contributed by atoms with E-state index in [4.69, 9.17) is 0 Å². The fourth-order valence-corrected chi connectivity index (χ4v) is 3.38. The number of hydrogen-bond acceptors (Lipinski definition) is 3. The number of likely N-dealkylation sites (tertiary alicyclic amines) is 2. The Labute approximate surface area is 130 Å². The van der Waals surface area contributed by atoms with Gasteiger partial charge in [0.25, 0.3) is 5.91 Å². The van der Waals surface area contributed by atoms with Gasteiger partial charge in [0.15, 0.2) is 0 Å². The maximum absolute atomic E-state index is 12.5. The lowest BCUT2D eigenvalue weighted by Gasteiger charge is -2.21. The van der Waals surface area contributed by atoms with Gasteiger partial charge in [-0.25, -0.2) is 4.79 Å². The molecule has 0 aromatic heterocycles. The second-order valence-corrected chi connectivity index (χ2v) is 6.17. The number of hydrogen-bond donors (Lipinski definition) is 1. The van der Waals surface area contributed by atoms with E-state index < -0.39 is 12.0 Å². The number of carbonyl (C=O) groups is 2. The molecule has 0 radical (unpaired) electrons.